The predicted octanol–water partition coefficient (Wildman–Crippen LogP) is 3.51. The molecule has 1 aliphatic heterocycles. The average molecular weight is 458 g/mol. The molecule has 1 aliphatic rings. The fraction of sp³-hybridized carbons (Fsp3) is 0.458. The summed E-state index contributed by atoms with van der Waals surface area (Å²) < 4.78 is 15.7. The summed E-state index contributed by atoms with van der Waals surface area (Å²) in [6.45, 7) is 3.64. The molecule has 1 aromatic heterocycles. The van der Waals surface area contributed by atoms with Crippen LogP contribution in [-0.4, -0.2) is 61.1 Å². The van der Waals surface area contributed by atoms with Crippen molar-refractivity contribution >= 4 is 23.6 Å². The molecule has 1 aromatic carbocycles. The number of rotatable bonds is 9. The lowest BCUT2D eigenvalue weighted by atomic mass is 9.97. The highest BCUT2D eigenvalue weighted by atomic mass is 16.5. The second-order valence-corrected chi connectivity index (χ2v) is 7.82. The number of piperidine rings is 1. The Morgan fingerprint density at radius 3 is 2.64 bits per heavy atom. The third kappa shape index (κ3) is 7.00. The normalized spacial score (nSPS) is 13.9. The largest absolute Gasteiger partial charge is 0.497 e. The van der Waals surface area contributed by atoms with Gasteiger partial charge in [-0.3, -0.25) is 9.59 Å². The summed E-state index contributed by atoms with van der Waals surface area (Å²) in [6.07, 6.45) is 2.91. The van der Waals surface area contributed by atoms with Gasteiger partial charge in [0.05, 0.1) is 32.4 Å². The molecule has 1 fully saturated rings. The number of hydrogen-bond acceptors (Lipinski definition) is 6. The Hall–Kier alpha value is -3.49. The van der Waals surface area contributed by atoms with Crippen LogP contribution in [0.15, 0.2) is 47.1 Å². The fourth-order valence-corrected chi connectivity index (χ4v) is 3.76. The third-order valence-corrected chi connectivity index (χ3v) is 5.60. The minimum absolute atomic E-state index is 0.0454. The number of amides is 3. The second-order valence-electron chi connectivity index (χ2n) is 7.82. The quantitative estimate of drug-likeness (QED) is 0.578. The second kappa shape index (κ2) is 11.9. The standard InChI is InChI=1S/C24H31N3O6/c1-3-32-23(29)18-9-12-26(13-10-18)22(28)11-14-27(17-21-8-5-15-33-21)24(30)25-19-6-4-7-20(16-19)31-2/h4-8,15-16,18H,3,9-14,17H2,1-2H3,(H,25,30). The number of nitrogens with one attached hydrogen (secondary N) is 1. The van der Waals surface area contributed by atoms with Crippen LogP contribution in [0.4, 0.5) is 10.5 Å². The van der Waals surface area contributed by atoms with E-state index < -0.39 is 0 Å². The number of esters is 1. The van der Waals surface area contributed by atoms with E-state index in [1.165, 1.54) is 0 Å². The van der Waals surface area contributed by atoms with Crippen LogP contribution in [0.5, 0.6) is 5.75 Å². The van der Waals surface area contributed by atoms with Crippen molar-refractivity contribution in [1.29, 1.82) is 0 Å². The lowest BCUT2D eigenvalue weighted by Crippen LogP contribution is -2.43. The monoisotopic (exact) mass is 457 g/mol. The highest BCUT2D eigenvalue weighted by Gasteiger charge is 2.28. The van der Waals surface area contributed by atoms with Crippen LogP contribution in [0.3, 0.4) is 0 Å². The number of anilines is 1. The Kier molecular flexibility index (Phi) is 8.74. The zero-order chi connectivity index (χ0) is 23.6. The SMILES string of the molecule is CCOC(=O)C1CCN(C(=O)CCN(Cc2ccco2)C(=O)Nc2cccc(OC)c2)CC1. The molecule has 1 N–H and O–H groups in total. The predicted molar refractivity (Wildman–Crippen MR) is 122 cm³/mol. The van der Waals surface area contributed by atoms with Crippen molar-refractivity contribution in [1.82, 2.24) is 9.80 Å². The van der Waals surface area contributed by atoms with Gasteiger partial charge in [0.1, 0.15) is 11.5 Å². The van der Waals surface area contributed by atoms with Crippen molar-refractivity contribution in [3.8, 4) is 5.75 Å². The first-order chi connectivity index (χ1) is 16.0. The summed E-state index contributed by atoms with van der Waals surface area (Å²) in [4.78, 5) is 41.0. The summed E-state index contributed by atoms with van der Waals surface area (Å²) in [5.41, 5.74) is 0.594. The molecule has 2 heterocycles. The number of furan rings is 1. The first-order valence-corrected chi connectivity index (χ1v) is 11.2. The Balaban J connectivity index is 1.57. The maximum Gasteiger partial charge on any atom is 0.322 e. The van der Waals surface area contributed by atoms with Gasteiger partial charge in [-0.1, -0.05) is 6.07 Å². The van der Waals surface area contributed by atoms with E-state index in [1.54, 1.807) is 66.5 Å². The molecule has 0 unspecified atom stereocenters. The molecule has 0 saturated carbocycles. The maximum atomic E-state index is 13.0. The van der Waals surface area contributed by atoms with E-state index in [-0.39, 0.29) is 43.3 Å². The summed E-state index contributed by atoms with van der Waals surface area (Å²) in [6, 6.07) is 10.3. The number of ether oxygens (including phenoxy) is 2. The van der Waals surface area contributed by atoms with Crippen LogP contribution >= 0.6 is 0 Å². The van der Waals surface area contributed by atoms with Gasteiger partial charge in [-0.15, -0.1) is 0 Å². The highest BCUT2D eigenvalue weighted by Crippen LogP contribution is 2.20. The topological polar surface area (TPSA) is 101 Å². The van der Waals surface area contributed by atoms with Gasteiger partial charge in [-0.2, -0.15) is 0 Å². The van der Waals surface area contributed by atoms with Crippen molar-refractivity contribution in [3.05, 3.63) is 48.4 Å². The van der Waals surface area contributed by atoms with E-state index in [0.717, 1.165) is 0 Å². The summed E-state index contributed by atoms with van der Waals surface area (Å²) in [7, 11) is 1.56. The van der Waals surface area contributed by atoms with Crippen LogP contribution in [0.2, 0.25) is 0 Å². The maximum absolute atomic E-state index is 13.0. The van der Waals surface area contributed by atoms with Gasteiger partial charge in [0.2, 0.25) is 5.91 Å². The Morgan fingerprint density at radius 2 is 1.97 bits per heavy atom. The number of methoxy groups -OCH3 is 1. The van der Waals surface area contributed by atoms with Crippen LogP contribution in [0.25, 0.3) is 0 Å². The van der Waals surface area contributed by atoms with Gasteiger partial charge in [-0.25, -0.2) is 4.79 Å². The molecule has 0 spiro atoms. The molecular formula is C24H31N3O6. The van der Waals surface area contributed by atoms with Crippen molar-refractivity contribution in [2.75, 3.05) is 38.7 Å². The van der Waals surface area contributed by atoms with Crippen molar-refractivity contribution < 1.29 is 28.3 Å². The van der Waals surface area contributed by atoms with Crippen molar-refractivity contribution in [2.45, 2.75) is 32.7 Å². The lowest BCUT2D eigenvalue weighted by molar-refractivity contribution is -0.151. The zero-order valence-electron chi connectivity index (χ0n) is 19.1. The molecule has 0 radical (unpaired) electrons. The molecule has 0 aliphatic carbocycles. The molecule has 2 aromatic rings. The molecule has 1 saturated heterocycles. The molecule has 9 nitrogen and oxygen atoms in total. The number of benzene rings is 1. The average Bonchev–Trinajstić information content (AvgIpc) is 3.35. The minimum Gasteiger partial charge on any atom is -0.497 e. The minimum atomic E-state index is -0.339. The van der Waals surface area contributed by atoms with Gasteiger partial charge < -0.3 is 29.0 Å². The van der Waals surface area contributed by atoms with E-state index in [1.807, 2.05) is 0 Å². The first-order valence-electron chi connectivity index (χ1n) is 11.2. The van der Waals surface area contributed by atoms with Crippen LogP contribution < -0.4 is 10.1 Å². The van der Waals surface area contributed by atoms with E-state index in [0.29, 0.717) is 49.7 Å². The molecule has 3 rings (SSSR count). The van der Waals surface area contributed by atoms with Gasteiger partial charge >= 0.3 is 12.0 Å². The van der Waals surface area contributed by atoms with Crippen molar-refractivity contribution in [2.24, 2.45) is 5.92 Å². The molecule has 0 bridgehead atoms. The van der Waals surface area contributed by atoms with Gasteiger partial charge in [-0.05, 0) is 44.0 Å². The Morgan fingerprint density at radius 1 is 1.18 bits per heavy atom. The van der Waals surface area contributed by atoms with Crippen molar-refractivity contribution in [3.63, 3.8) is 0 Å². The van der Waals surface area contributed by atoms with Crippen LogP contribution in [0, 0.1) is 5.92 Å². The van der Waals surface area contributed by atoms with Crippen LogP contribution in [0.1, 0.15) is 31.9 Å². The summed E-state index contributed by atoms with van der Waals surface area (Å²) >= 11 is 0. The number of carbonyl (C=O) groups is 3. The van der Waals surface area contributed by atoms with Gasteiger partial charge in [0, 0.05) is 37.8 Å². The van der Waals surface area contributed by atoms with Crippen LogP contribution in [-0.2, 0) is 20.9 Å². The molecular weight excluding hydrogens is 426 g/mol. The Labute approximate surface area is 193 Å². The van der Waals surface area contributed by atoms with Gasteiger partial charge in [0.15, 0.2) is 0 Å². The summed E-state index contributed by atoms with van der Waals surface area (Å²) in [5.74, 6) is 0.864. The van der Waals surface area contributed by atoms with E-state index in [4.69, 9.17) is 13.9 Å². The smallest absolute Gasteiger partial charge is 0.322 e. The van der Waals surface area contributed by atoms with Gasteiger partial charge in [0.25, 0.3) is 0 Å². The number of nitrogens with zero attached hydrogens (tertiary/aromatic N) is 2. The van der Waals surface area contributed by atoms with E-state index in [2.05, 4.69) is 5.32 Å². The number of urea groups is 1. The third-order valence-electron chi connectivity index (χ3n) is 5.60. The zero-order valence-corrected chi connectivity index (χ0v) is 19.1. The number of likely N-dealkylation sites (tertiary alicyclic amines) is 1. The molecule has 9 heteroatoms. The first kappa shape index (κ1) is 24.2. The molecule has 33 heavy (non-hydrogen) atoms. The molecule has 178 valence electrons. The number of hydrogen-bond donors (Lipinski definition) is 1. The van der Waals surface area contributed by atoms with E-state index >= 15 is 0 Å². The lowest BCUT2D eigenvalue weighted by Gasteiger charge is -2.31. The highest BCUT2D eigenvalue weighted by molar-refractivity contribution is 5.90. The number of carbonyl (C=O) groups excluding carboxylic acids is 3. The van der Waals surface area contributed by atoms with E-state index in [9.17, 15) is 14.4 Å². The fourth-order valence-electron chi connectivity index (χ4n) is 3.76. The molecule has 0 atom stereocenters. The molecule has 3 amide bonds. The Bertz CT molecular complexity index is 922. The summed E-state index contributed by atoms with van der Waals surface area (Å²) in [5, 5.41) is 2.85.